The van der Waals surface area contributed by atoms with E-state index in [1.807, 2.05) is 6.92 Å². The van der Waals surface area contributed by atoms with Gasteiger partial charge in [-0.2, -0.15) is 0 Å². The molecule has 0 aliphatic carbocycles. The Morgan fingerprint density at radius 3 is 0.950 bits per heavy atom. The summed E-state index contributed by atoms with van der Waals surface area (Å²) in [5.74, 6) is -4.34. The van der Waals surface area contributed by atoms with Crippen molar-refractivity contribution in [3.63, 3.8) is 0 Å². The molecular weight excluding hydrogens is 276 g/mol. The zero-order valence-corrected chi connectivity index (χ0v) is 11.4. The quantitative estimate of drug-likeness (QED) is 0.350. The average molecular weight is 298 g/mol. The molecule has 0 aromatic heterocycles. The van der Waals surface area contributed by atoms with Crippen LogP contribution in [0.15, 0.2) is 0 Å². The van der Waals surface area contributed by atoms with Crippen molar-refractivity contribution in [3.8, 4) is 0 Å². The predicted octanol–water partition coefficient (Wildman–Crippen LogP) is -0.979. The van der Waals surface area contributed by atoms with Crippen molar-refractivity contribution in [2.45, 2.75) is 26.7 Å². The van der Waals surface area contributed by atoms with Crippen LogP contribution in [0.4, 0.5) is 0 Å². The molecule has 8 N–H and O–H groups in total. The Morgan fingerprint density at radius 2 is 0.950 bits per heavy atom. The summed E-state index contributed by atoms with van der Waals surface area (Å²) in [6.45, 7) is 3.97. The summed E-state index contributed by atoms with van der Waals surface area (Å²) in [6, 6.07) is 0. The highest BCUT2D eigenvalue weighted by molar-refractivity contribution is 5.88. The summed E-state index contributed by atoms with van der Waals surface area (Å²) >= 11 is 0. The molecule has 10 heteroatoms. The topological polar surface area (TPSA) is 201 Å². The van der Waals surface area contributed by atoms with Crippen molar-refractivity contribution in [1.82, 2.24) is 0 Å². The lowest BCUT2D eigenvalue weighted by Gasteiger charge is -1.80. The molecule has 0 aliphatic heterocycles. The maximum Gasteiger partial charge on any atom is 0.317 e. The lowest BCUT2D eigenvalue weighted by molar-refractivity contribution is -0.147. The number of nitrogens with two attached hydrogens (primary N) is 2. The Labute approximate surface area is 116 Å². The lowest BCUT2D eigenvalue weighted by atomic mass is 10.5. The van der Waals surface area contributed by atoms with Crippen molar-refractivity contribution in [2.75, 3.05) is 13.1 Å². The first-order valence-corrected chi connectivity index (χ1v) is 5.36. The van der Waals surface area contributed by atoms with E-state index < -0.39 is 30.3 Å². The van der Waals surface area contributed by atoms with E-state index in [0.717, 1.165) is 6.54 Å². The third-order valence-corrected chi connectivity index (χ3v) is 0.780. The first kappa shape index (κ1) is 26.4. The number of carbonyl (C=O) groups is 4. The molecule has 0 saturated carbocycles. The fourth-order valence-corrected chi connectivity index (χ4v) is 0.129. The monoisotopic (exact) mass is 298 g/mol. The van der Waals surface area contributed by atoms with Gasteiger partial charge in [-0.15, -0.1) is 0 Å². The molecule has 0 atom stereocenters. The molecule has 0 unspecified atom stereocenters. The predicted molar refractivity (Wildman–Crippen MR) is 69.2 cm³/mol. The molecular formula is C10H22N2O8. The zero-order chi connectivity index (χ0) is 17.1. The van der Waals surface area contributed by atoms with Gasteiger partial charge in [-0.25, -0.2) is 0 Å². The van der Waals surface area contributed by atoms with E-state index in [2.05, 4.69) is 5.73 Å². The van der Waals surface area contributed by atoms with Gasteiger partial charge in [0.15, 0.2) is 0 Å². The number of carboxylic acids is 4. The summed E-state index contributed by atoms with van der Waals surface area (Å²) < 4.78 is 0. The van der Waals surface area contributed by atoms with Gasteiger partial charge in [0.1, 0.15) is 6.42 Å². The van der Waals surface area contributed by atoms with Gasteiger partial charge in [-0.05, 0) is 6.54 Å². The van der Waals surface area contributed by atoms with Crippen LogP contribution in [0.5, 0.6) is 0 Å². The normalized spacial score (nSPS) is 7.40. The highest BCUT2D eigenvalue weighted by Gasteiger charge is 2.01. The molecule has 0 fully saturated rings. The second kappa shape index (κ2) is 22.0. The Balaban J connectivity index is -0.0000000890. The molecule has 0 aromatic carbocycles. The van der Waals surface area contributed by atoms with Crippen molar-refractivity contribution < 1.29 is 39.6 Å². The van der Waals surface area contributed by atoms with Gasteiger partial charge < -0.3 is 31.9 Å². The molecule has 0 aliphatic rings. The van der Waals surface area contributed by atoms with Crippen molar-refractivity contribution in [2.24, 2.45) is 11.5 Å². The SMILES string of the molecule is CCC(=O)O.CCN.NCC(=O)O.O=C(O)CC(=O)O. The van der Waals surface area contributed by atoms with Crippen molar-refractivity contribution >= 4 is 23.9 Å². The van der Waals surface area contributed by atoms with Gasteiger partial charge in [0.25, 0.3) is 0 Å². The third kappa shape index (κ3) is 103. The van der Waals surface area contributed by atoms with Crippen LogP contribution in [0.2, 0.25) is 0 Å². The Kier molecular flexibility index (Phi) is 29.0. The van der Waals surface area contributed by atoms with Gasteiger partial charge in [0.05, 0.1) is 6.54 Å². The minimum Gasteiger partial charge on any atom is -0.481 e. The highest BCUT2D eigenvalue weighted by Crippen LogP contribution is 1.74. The summed E-state index contributed by atoms with van der Waals surface area (Å²) in [7, 11) is 0. The Bertz CT molecular complexity index is 254. The largest absolute Gasteiger partial charge is 0.481 e. The number of aliphatic carboxylic acids is 4. The second-order valence-corrected chi connectivity index (χ2v) is 2.72. The Hall–Kier alpha value is -2.20. The van der Waals surface area contributed by atoms with Crippen LogP contribution in [0.25, 0.3) is 0 Å². The summed E-state index contributed by atoms with van der Waals surface area (Å²) in [5, 5.41) is 30.7. The molecule has 0 amide bonds. The van der Waals surface area contributed by atoms with Crippen LogP contribution < -0.4 is 11.5 Å². The fourth-order valence-electron chi connectivity index (χ4n) is 0.129. The molecule has 0 saturated heterocycles. The van der Waals surface area contributed by atoms with Gasteiger partial charge in [-0.3, -0.25) is 19.2 Å². The molecule has 10 nitrogen and oxygen atoms in total. The number of hydrogen-bond donors (Lipinski definition) is 6. The maximum atomic E-state index is 9.43. The molecule has 120 valence electrons. The molecule has 0 rings (SSSR count). The molecule has 20 heavy (non-hydrogen) atoms. The Morgan fingerprint density at radius 1 is 0.750 bits per heavy atom. The lowest BCUT2D eigenvalue weighted by Crippen LogP contribution is -2.10. The minimum absolute atomic E-state index is 0.222. The van der Waals surface area contributed by atoms with Crippen LogP contribution in [0.1, 0.15) is 26.7 Å². The van der Waals surface area contributed by atoms with Crippen LogP contribution in [0.3, 0.4) is 0 Å². The van der Waals surface area contributed by atoms with E-state index in [9.17, 15) is 19.2 Å². The van der Waals surface area contributed by atoms with Crippen LogP contribution in [0, 0.1) is 0 Å². The number of rotatable bonds is 4. The van der Waals surface area contributed by atoms with E-state index in [0.29, 0.717) is 0 Å². The summed E-state index contributed by atoms with van der Waals surface area (Å²) in [4.78, 5) is 37.5. The molecule has 0 radical (unpaired) electrons. The van der Waals surface area contributed by atoms with E-state index in [4.69, 9.17) is 26.2 Å². The number of carboxylic acid groups (broad SMARTS) is 4. The molecule has 0 spiro atoms. The van der Waals surface area contributed by atoms with E-state index in [-0.39, 0.29) is 13.0 Å². The van der Waals surface area contributed by atoms with Crippen LogP contribution in [-0.4, -0.2) is 57.4 Å². The van der Waals surface area contributed by atoms with Gasteiger partial charge in [0, 0.05) is 6.42 Å². The minimum atomic E-state index is -1.31. The first-order chi connectivity index (χ1) is 9.08. The average Bonchev–Trinajstić information content (AvgIpc) is 2.29. The van der Waals surface area contributed by atoms with Crippen LogP contribution >= 0.6 is 0 Å². The second-order valence-electron chi connectivity index (χ2n) is 2.72. The van der Waals surface area contributed by atoms with Gasteiger partial charge in [0.2, 0.25) is 0 Å². The van der Waals surface area contributed by atoms with Gasteiger partial charge >= 0.3 is 23.9 Å². The van der Waals surface area contributed by atoms with Crippen molar-refractivity contribution in [1.29, 1.82) is 0 Å². The van der Waals surface area contributed by atoms with Gasteiger partial charge in [-0.1, -0.05) is 13.8 Å². The fraction of sp³-hybridized carbons (Fsp3) is 0.600. The molecule has 0 bridgehead atoms. The first-order valence-electron chi connectivity index (χ1n) is 5.36. The summed E-state index contributed by atoms with van der Waals surface area (Å²) in [6.07, 6.45) is -0.583. The number of hydrogen-bond acceptors (Lipinski definition) is 6. The standard InChI is InChI=1S/C3H4O4.C3H6O2.C2H5NO2.C2H7N/c4-2(5)1-3(6)7;1-2-3(4)5;3-1-2(4)5;1-2-3/h1H2,(H,4,5)(H,6,7);2H2,1H3,(H,4,5);1,3H2,(H,4,5);2-3H2,1H3. The molecule has 0 heterocycles. The third-order valence-electron chi connectivity index (χ3n) is 0.780. The highest BCUT2D eigenvalue weighted by atomic mass is 16.4. The molecule has 0 aromatic rings. The maximum absolute atomic E-state index is 9.43. The van der Waals surface area contributed by atoms with Crippen molar-refractivity contribution in [3.05, 3.63) is 0 Å². The smallest absolute Gasteiger partial charge is 0.317 e. The summed E-state index contributed by atoms with van der Waals surface area (Å²) in [5.41, 5.74) is 9.42. The van der Waals surface area contributed by atoms with E-state index >= 15 is 0 Å². The van der Waals surface area contributed by atoms with Crippen LogP contribution in [-0.2, 0) is 19.2 Å². The van der Waals surface area contributed by atoms with E-state index in [1.165, 1.54) is 0 Å². The van der Waals surface area contributed by atoms with E-state index in [1.54, 1.807) is 6.92 Å². The zero-order valence-electron chi connectivity index (χ0n) is 11.4.